The van der Waals surface area contributed by atoms with Crippen LogP contribution in [0.4, 0.5) is 4.39 Å². The van der Waals surface area contributed by atoms with Gasteiger partial charge in [0, 0.05) is 19.8 Å². The maximum absolute atomic E-state index is 13.0. The van der Waals surface area contributed by atoms with E-state index in [0.717, 1.165) is 11.0 Å². The lowest BCUT2D eigenvalue weighted by molar-refractivity contribution is 0.128. The lowest BCUT2D eigenvalue weighted by atomic mass is 10.4. The molecule has 0 bridgehead atoms. The maximum Gasteiger partial charge on any atom is 0.331 e. The van der Waals surface area contributed by atoms with Crippen LogP contribution in [0, 0.1) is 5.82 Å². The number of nitrogens with one attached hydrogen (secondary N) is 1. The zero-order valence-corrected chi connectivity index (χ0v) is 9.53. The first-order valence-corrected chi connectivity index (χ1v) is 5.37. The Morgan fingerprint density at radius 2 is 2.12 bits per heavy atom. The van der Waals surface area contributed by atoms with Crippen LogP contribution in [0.15, 0.2) is 9.59 Å². The number of nitrogens with zero attached hydrogens (tertiary/aromatic N) is 1. The van der Waals surface area contributed by atoms with Crippen LogP contribution in [-0.2, 0) is 11.3 Å². The van der Waals surface area contributed by atoms with Crippen LogP contribution in [0.3, 0.4) is 0 Å². The maximum atomic E-state index is 13.0. The number of hydrogen-bond donors (Lipinski definition) is 2. The topological polar surface area (TPSA) is 84.3 Å². The second kappa shape index (κ2) is 6.19. The van der Waals surface area contributed by atoms with Gasteiger partial charge >= 0.3 is 5.69 Å². The Labute approximate surface area is 96.7 Å². The van der Waals surface area contributed by atoms with E-state index in [-0.39, 0.29) is 6.54 Å². The van der Waals surface area contributed by atoms with E-state index in [4.69, 9.17) is 4.74 Å². The standard InChI is InChI=1S/C10H15FN2O4/c1-2-5-17-6-3-4-13-9(15)7(11)8(14)12-10(13)16/h15H,2-6H2,1H3,(H,12,14,16). The largest absolute Gasteiger partial charge is 0.492 e. The summed E-state index contributed by atoms with van der Waals surface area (Å²) in [4.78, 5) is 23.8. The Morgan fingerprint density at radius 3 is 2.76 bits per heavy atom. The van der Waals surface area contributed by atoms with Crippen LogP contribution in [0.1, 0.15) is 19.8 Å². The molecule has 1 heterocycles. The van der Waals surface area contributed by atoms with Gasteiger partial charge in [0.1, 0.15) is 0 Å². The van der Waals surface area contributed by atoms with E-state index >= 15 is 0 Å². The van der Waals surface area contributed by atoms with E-state index in [2.05, 4.69) is 0 Å². The number of halogens is 1. The summed E-state index contributed by atoms with van der Waals surface area (Å²) in [7, 11) is 0. The Morgan fingerprint density at radius 1 is 1.41 bits per heavy atom. The minimum Gasteiger partial charge on any atom is -0.492 e. The van der Waals surface area contributed by atoms with Gasteiger partial charge in [-0.15, -0.1) is 0 Å². The summed E-state index contributed by atoms with van der Waals surface area (Å²) in [6.45, 7) is 3.07. The first-order chi connectivity index (χ1) is 8.07. The quantitative estimate of drug-likeness (QED) is 0.702. The minimum absolute atomic E-state index is 0.0854. The Hall–Kier alpha value is -1.63. The van der Waals surface area contributed by atoms with E-state index in [1.54, 1.807) is 4.98 Å². The summed E-state index contributed by atoms with van der Waals surface area (Å²) in [5.74, 6) is -2.28. The predicted octanol–water partition coefficient (Wildman–Crippen LogP) is 0.198. The van der Waals surface area contributed by atoms with Gasteiger partial charge in [-0.1, -0.05) is 6.92 Å². The average molecular weight is 246 g/mol. The van der Waals surface area contributed by atoms with Crippen molar-refractivity contribution < 1.29 is 14.2 Å². The summed E-state index contributed by atoms with van der Waals surface area (Å²) in [6.07, 6.45) is 1.33. The van der Waals surface area contributed by atoms with Gasteiger partial charge in [-0.05, 0) is 12.8 Å². The molecule has 0 fully saturated rings. The van der Waals surface area contributed by atoms with Gasteiger partial charge < -0.3 is 9.84 Å². The van der Waals surface area contributed by atoms with Gasteiger partial charge in [0.05, 0.1) is 0 Å². The molecular weight excluding hydrogens is 231 g/mol. The highest BCUT2D eigenvalue weighted by Crippen LogP contribution is 2.07. The highest BCUT2D eigenvalue weighted by Gasteiger charge is 2.12. The molecule has 0 saturated carbocycles. The first kappa shape index (κ1) is 13.4. The van der Waals surface area contributed by atoms with Crippen molar-refractivity contribution in [2.24, 2.45) is 0 Å². The zero-order chi connectivity index (χ0) is 12.8. The molecular formula is C10H15FN2O4. The first-order valence-electron chi connectivity index (χ1n) is 5.37. The molecule has 0 unspecified atom stereocenters. The van der Waals surface area contributed by atoms with Crippen LogP contribution in [-0.4, -0.2) is 27.9 Å². The summed E-state index contributed by atoms with van der Waals surface area (Å²) >= 11 is 0. The lowest BCUT2D eigenvalue weighted by Gasteiger charge is -2.07. The van der Waals surface area contributed by atoms with Crippen LogP contribution in [0.25, 0.3) is 0 Å². The molecule has 17 heavy (non-hydrogen) atoms. The van der Waals surface area contributed by atoms with Crippen molar-refractivity contribution in [2.75, 3.05) is 13.2 Å². The van der Waals surface area contributed by atoms with Crippen LogP contribution in [0.5, 0.6) is 5.88 Å². The van der Waals surface area contributed by atoms with Gasteiger partial charge in [0.25, 0.3) is 5.56 Å². The molecule has 1 rings (SSSR count). The molecule has 0 spiro atoms. The third-order valence-corrected chi connectivity index (χ3v) is 2.14. The fourth-order valence-electron chi connectivity index (χ4n) is 1.31. The number of aromatic nitrogens is 2. The molecule has 0 saturated heterocycles. The fourth-order valence-corrected chi connectivity index (χ4v) is 1.31. The Kier molecular flexibility index (Phi) is 4.89. The van der Waals surface area contributed by atoms with Gasteiger partial charge in [-0.3, -0.25) is 14.3 Å². The van der Waals surface area contributed by atoms with Crippen molar-refractivity contribution in [3.63, 3.8) is 0 Å². The molecule has 0 amide bonds. The molecule has 1 aromatic rings. The molecule has 6 nitrogen and oxygen atoms in total. The molecule has 0 atom stereocenters. The number of H-pyrrole nitrogens is 1. The number of aromatic amines is 1. The second-order valence-corrected chi connectivity index (χ2v) is 3.51. The third kappa shape index (κ3) is 3.42. The third-order valence-electron chi connectivity index (χ3n) is 2.14. The summed E-state index contributed by atoms with van der Waals surface area (Å²) in [6, 6.07) is 0. The van der Waals surface area contributed by atoms with E-state index < -0.39 is 22.9 Å². The van der Waals surface area contributed by atoms with Crippen LogP contribution < -0.4 is 11.2 Å². The summed E-state index contributed by atoms with van der Waals surface area (Å²) in [5.41, 5.74) is -2.05. The van der Waals surface area contributed by atoms with E-state index in [1.807, 2.05) is 6.92 Å². The van der Waals surface area contributed by atoms with Crippen molar-refractivity contribution in [1.82, 2.24) is 9.55 Å². The van der Waals surface area contributed by atoms with Gasteiger partial charge in [0.2, 0.25) is 11.7 Å². The lowest BCUT2D eigenvalue weighted by Crippen LogP contribution is -2.32. The number of rotatable bonds is 6. The van der Waals surface area contributed by atoms with E-state index in [1.165, 1.54) is 0 Å². The average Bonchev–Trinajstić information content (AvgIpc) is 2.30. The molecule has 0 aliphatic carbocycles. The second-order valence-electron chi connectivity index (χ2n) is 3.51. The van der Waals surface area contributed by atoms with Gasteiger partial charge in [0.15, 0.2) is 0 Å². The number of hydrogen-bond acceptors (Lipinski definition) is 4. The molecule has 7 heteroatoms. The molecule has 0 aliphatic rings. The van der Waals surface area contributed by atoms with Gasteiger partial charge in [-0.25, -0.2) is 4.79 Å². The number of ether oxygens (including phenoxy) is 1. The molecule has 2 N–H and O–H groups in total. The van der Waals surface area contributed by atoms with E-state index in [0.29, 0.717) is 19.6 Å². The monoisotopic (exact) mass is 246 g/mol. The van der Waals surface area contributed by atoms with Crippen molar-refractivity contribution in [1.29, 1.82) is 0 Å². The highest BCUT2D eigenvalue weighted by molar-refractivity contribution is 5.09. The predicted molar refractivity (Wildman–Crippen MR) is 58.7 cm³/mol. The Balaban J connectivity index is 2.69. The zero-order valence-electron chi connectivity index (χ0n) is 9.53. The van der Waals surface area contributed by atoms with Crippen molar-refractivity contribution in [3.8, 4) is 5.88 Å². The minimum atomic E-state index is -1.35. The van der Waals surface area contributed by atoms with Gasteiger partial charge in [-0.2, -0.15) is 4.39 Å². The highest BCUT2D eigenvalue weighted by atomic mass is 19.1. The molecule has 0 radical (unpaired) electrons. The molecule has 1 aromatic heterocycles. The van der Waals surface area contributed by atoms with Crippen molar-refractivity contribution in [2.45, 2.75) is 26.3 Å². The normalized spacial score (nSPS) is 10.7. The molecule has 0 aliphatic heterocycles. The summed E-state index contributed by atoms with van der Waals surface area (Å²) < 4.78 is 19.0. The van der Waals surface area contributed by atoms with Crippen LogP contribution in [0.2, 0.25) is 0 Å². The molecule has 96 valence electrons. The van der Waals surface area contributed by atoms with E-state index in [9.17, 15) is 19.1 Å². The smallest absolute Gasteiger partial charge is 0.331 e. The Bertz CT molecular complexity index is 480. The summed E-state index contributed by atoms with van der Waals surface area (Å²) in [5, 5.41) is 9.29. The molecule has 0 aromatic carbocycles. The fraction of sp³-hybridized carbons (Fsp3) is 0.600. The van der Waals surface area contributed by atoms with Crippen molar-refractivity contribution >= 4 is 0 Å². The SMILES string of the molecule is CCCOCCCn1c(O)c(F)c(=O)[nH]c1=O. The van der Waals surface area contributed by atoms with Crippen LogP contribution >= 0.6 is 0 Å². The number of aromatic hydroxyl groups is 1. The van der Waals surface area contributed by atoms with Crippen molar-refractivity contribution in [3.05, 3.63) is 26.7 Å².